The standard InChI is InChI=1S/C12H23FOSi/c1-11(2)6-10(14)7-12(3,8-11)9-15(4,5)13/h6-9H2,1-5H3. The number of carbonyl (C=O) groups is 1. The van der Waals surface area contributed by atoms with Crippen LogP contribution < -0.4 is 0 Å². The summed E-state index contributed by atoms with van der Waals surface area (Å²) in [5, 5.41) is 0. The molecular weight excluding hydrogens is 207 g/mol. The first-order valence-electron chi connectivity index (χ1n) is 5.72. The van der Waals surface area contributed by atoms with Gasteiger partial charge < -0.3 is 4.11 Å². The van der Waals surface area contributed by atoms with Gasteiger partial charge in [0.05, 0.1) is 0 Å². The van der Waals surface area contributed by atoms with Crippen molar-refractivity contribution in [2.24, 2.45) is 10.8 Å². The van der Waals surface area contributed by atoms with Crippen LogP contribution in [0, 0.1) is 10.8 Å². The third-order valence-electron chi connectivity index (χ3n) is 3.05. The first-order valence-corrected chi connectivity index (χ1v) is 8.81. The summed E-state index contributed by atoms with van der Waals surface area (Å²) in [6.07, 6.45) is 2.22. The van der Waals surface area contributed by atoms with E-state index in [9.17, 15) is 8.90 Å². The van der Waals surface area contributed by atoms with E-state index in [1.165, 1.54) is 0 Å². The van der Waals surface area contributed by atoms with Crippen LogP contribution in [0.25, 0.3) is 0 Å². The summed E-state index contributed by atoms with van der Waals surface area (Å²) in [4.78, 5) is 11.7. The Labute approximate surface area is 93.6 Å². The summed E-state index contributed by atoms with van der Waals surface area (Å²) in [5.74, 6) is 0.312. The second-order valence-electron chi connectivity index (χ2n) is 6.94. The molecule has 0 bridgehead atoms. The van der Waals surface area contributed by atoms with Crippen molar-refractivity contribution < 1.29 is 8.90 Å². The molecule has 0 N–H and O–H groups in total. The Bertz CT molecular complexity index is 263. The molecule has 0 amide bonds. The van der Waals surface area contributed by atoms with Crippen molar-refractivity contribution in [2.75, 3.05) is 0 Å². The van der Waals surface area contributed by atoms with Gasteiger partial charge in [0.25, 0.3) is 0 Å². The number of halogens is 1. The van der Waals surface area contributed by atoms with Crippen molar-refractivity contribution in [3.8, 4) is 0 Å². The molecule has 1 fully saturated rings. The lowest BCUT2D eigenvalue weighted by molar-refractivity contribution is -0.127. The minimum Gasteiger partial charge on any atom is -0.314 e. The summed E-state index contributed by atoms with van der Waals surface area (Å²) in [7, 11) is -2.56. The van der Waals surface area contributed by atoms with Gasteiger partial charge in [-0.2, -0.15) is 0 Å². The van der Waals surface area contributed by atoms with Crippen LogP contribution in [0.1, 0.15) is 40.0 Å². The number of carbonyl (C=O) groups excluding carboxylic acids is 1. The van der Waals surface area contributed by atoms with E-state index in [1.54, 1.807) is 13.1 Å². The van der Waals surface area contributed by atoms with Gasteiger partial charge in [0.2, 0.25) is 8.41 Å². The molecule has 0 radical (unpaired) electrons. The molecule has 0 aromatic carbocycles. The highest BCUT2D eigenvalue weighted by Crippen LogP contribution is 2.48. The minimum atomic E-state index is -2.56. The molecule has 1 unspecified atom stereocenters. The Morgan fingerprint density at radius 1 is 1.27 bits per heavy atom. The van der Waals surface area contributed by atoms with Crippen molar-refractivity contribution in [2.45, 2.75) is 59.2 Å². The fourth-order valence-electron chi connectivity index (χ4n) is 3.49. The molecule has 3 heteroatoms. The zero-order valence-electron chi connectivity index (χ0n) is 10.6. The Hall–Kier alpha value is -0.183. The van der Waals surface area contributed by atoms with Gasteiger partial charge in [0, 0.05) is 12.8 Å². The maximum atomic E-state index is 13.8. The average Bonchev–Trinajstić information content (AvgIpc) is 1.70. The first kappa shape index (κ1) is 12.9. The maximum absolute atomic E-state index is 13.8. The molecule has 0 heterocycles. The molecule has 0 aliphatic heterocycles. The number of rotatable bonds is 2. The summed E-state index contributed by atoms with van der Waals surface area (Å²) in [5.41, 5.74) is -0.0347. The van der Waals surface area contributed by atoms with Crippen LogP contribution >= 0.6 is 0 Å². The fraction of sp³-hybridized carbons (Fsp3) is 0.917. The van der Waals surface area contributed by atoms with Gasteiger partial charge in [0.15, 0.2) is 0 Å². The molecule has 1 atom stereocenters. The lowest BCUT2D eigenvalue weighted by atomic mass is 9.65. The number of hydrogen-bond donors (Lipinski definition) is 0. The van der Waals surface area contributed by atoms with Crippen molar-refractivity contribution in [3.63, 3.8) is 0 Å². The molecule has 0 spiro atoms. The van der Waals surface area contributed by atoms with E-state index in [2.05, 4.69) is 20.8 Å². The van der Waals surface area contributed by atoms with Gasteiger partial charge in [-0.3, -0.25) is 4.79 Å². The van der Waals surface area contributed by atoms with E-state index >= 15 is 0 Å². The van der Waals surface area contributed by atoms with Crippen molar-refractivity contribution in [1.82, 2.24) is 0 Å². The molecule has 1 nitrogen and oxygen atoms in total. The quantitative estimate of drug-likeness (QED) is 0.518. The highest BCUT2D eigenvalue weighted by molar-refractivity contribution is 6.70. The highest BCUT2D eigenvalue weighted by Gasteiger charge is 2.44. The van der Waals surface area contributed by atoms with Crippen LogP contribution in [0.2, 0.25) is 19.1 Å². The van der Waals surface area contributed by atoms with Crippen LogP contribution in [-0.2, 0) is 4.79 Å². The molecule has 0 aromatic rings. The predicted octanol–water partition coefficient (Wildman–Crippen LogP) is 3.95. The molecule has 15 heavy (non-hydrogen) atoms. The molecule has 1 rings (SSSR count). The Balaban J connectivity index is 2.80. The van der Waals surface area contributed by atoms with Gasteiger partial charge in [0.1, 0.15) is 5.78 Å². The van der Waals surface area contributed by atoms with E-state index in [1.807, 2.05) is 0 Å². The third kappa shape index (κ3) is 4.05. The summed E-state index contributed by atoms with van der Waals surface area (Å²) in [6.45, 7) is 9.80. The zero-order valence-corrected chi connectivity index (χ0v) is 11.6. The molecule has 1 saturated carbocycles. The molecule has 88 valence electrons. The Kier molecular flexibility index (Phi) is 3.17. The average molecular weight is 230 g/mol. The maximum Gasteiger partial charge on any atom is 0.241 e. The monoisotopic (exact) mass is 230 g/mol. The van der Waals surface area contributed by atoms with Gasteiger partial charge in [-0.05, 0) is 36.4 Å². The summed E-state index contributed by atoms with van der Waals surface area (Å²) >= 11 is 0. The minimum absolute atomic E-state index is 0.0593. The molecule has 0 aromatic heterocycles. The van der Waals surface area contributed by atoms with Gasteiger partial charge >= 0.3 is 0 Å². The second kappa shape index (κ2) is 3.69. The predicted molar refractivity (Wildman–Crippen MR) is 64.1 cm³/mol. The Morgan fingerprint density at radius 3 is 2.20 bits per heavy atom. The van der Waals surface area contributed by atoms with Gasteiger partial charge in [-0.1, -0.05) is 20.8 Å². The number of Topliss-reactive ketones (excluding diaryl/α,β-unsaturated/α-hetero) is 1. The SMILES string of the molecule is CC1(C)CC(=O)CC(C)(C[Si](C)(C)F)C1. The van der Waals surface area contributed by atoms with Crippen LogP contribution in [0.3, 0.4) is 0 Å². The lowest BCUT2D eigenvalue weighted by Gasteiger charge is -2.43. The van der Waals surface area contributed by atoms with Crippen molar-refractivity contribution in [1.29, 1.82) is 0 Å². The number of ketones is 1. The van der Waals surface area contributed by atoms with Crippen LogP contribution in [-0.4, -0.2) is 14.2 Å². The van der Waals surface area contributed by atoms with Crippen LogP contribution in [0.15, 0.2) is 0 Å². The molecular formula is C12H23FOSi. The third-order valence-corrected chi connectivity index (χ3v) is 4.75. The van der Waals surface area contributed by atoms with E-state index in [4.69, 9.17) is 0 Å². The van der Waals surface area contributed by atoms with Crippen LogP contribution in [0.4, 0.5) is 4.11 Å². The largest absolute Gasteiger partial charge is 0.314 e. The first-order chi connectivity index (χ1) is 6.52. The molecule has 0 saturated heterocycles. The van der Waals surface area contributed by atoms with E-state index in [0.717, 1.165) is 6.42 Å². The van der Waals surface area contributed by atoms with Crippen LogP contribution in [0.5, 0.6) is 0 Å². The topological polar surface area (TPSA) is 17.1 Å². The second-order valence-corrected chi connectivity index (χ2v) is 10.7. The van der Waals surface area contributed by atoms with Gasteiger partial charge in [-0.25, -0.2) is 0 Å². The zero-order chi connectivity index (χ0) is 11.9. The lowest BCUT2D eigenvalue weighted by Crippen LogP contribution is -2.40. The van der Waals surface area contributed by atoms with E-state index < -0.39 is 8.41 Å². The van der Waals surface area contributed by atoms with E-state index in [-0.39, 0.29) is 10.8 Å². The summed E-state index contributed by atoms with van der Waals surface area (Å²) in [6, 6.07) is 0.620. The highest BCUT2D eigenvalue weighted by atomic mass is 28.4. The normalized spacial score (nSPS) is 31.7. The van der Waals surface area contributed by atoms with Crippen molar-refractivity contribution in [3.05, 3.63) is 0 Å². The Morgan fingerprint density at radius 2 is 1.80 bits per heavy atom. The van der Waals surface area contributed by atoms with Gasteiger partial charge in [-0.15, -0.1) is 0 Å². The number of hydrogen-bond acceptors (Lipinski definition) is 1. The van der Waals surface area contributed by atoms with E-state index in [0.29, 0.717) is 24.7 Å². The molecule has 1 aliphatic rings. The van der Waals surface area contributed by atoms with Crippen molar-refractivity contribution >= 4 is 14.2 Å². The smallest absolute Gasteiger partial charge is 0.241 e. The molecule has 1 aliphatic carbocycles. The fourth-order valence-corrected chi connectivity index (χ4v) is 5.77. The summed E-state index contributed by atoms with van der Waals surface area (Å²) < 4.78 is 13.8.